The van der Waals surface area contributed by atoms with Crippen LogP contribution in [-0.2, 0) is 14.4 Å². The van der Waals surface area contributed by atoms with Crippen molar-refractivity contribution in [2.24, 2.45) is 23.5 Å². The van der Waals surface area contributed by atoms with Gasteiger partial charge in [-0.05, 0) is 124 Å². The zero-order valence-corrected chi connectivity index (χ0v) is 27.7. The van der Waals surface area contributed by atoms with E-state index < -0.39 is 35.8 Å². The Morgan fingerprint density at radius 1 is 0.860 bits per heavy atom. The molecular formula is C39H39F2N3O6. The van der Waals surface area contributed by atoms with Crippen LogP contribution in [-0.4, -0.2) is 60.7 Å². The highest BCUT2D eigenvalue weighted by molar-refractivity contribution is 5.98. The van der Waals surface area contributed by atoms with Gasteiger partial charge in [0.2, 0.25) is 5.91 Å². The molecule has 0 bridgehead atoms. The van der Waals surface area contributed by atoms with Crippen LogP contribution in [0.25, 0.3) is 0 Å². The number of halogens is 2. The van der Waals surface area contributed by atoms with E-state index in [1.54, 1.807) is 36.4 Å². The zero-order chi connectivity index (χ0) is 35.9. The SMILES string of the molecule is C[C@@](O)(C(F)F)[C@H](NC(=O)c1ccc(C#CC#CC2CCOCC2)cc1)C(=O)NOCC1CCC(C#CC#Cc2ccc(C(N)=O)cc2)CC1. The second kappa shape index (κ2) is 18.6. The largest absolute Gasteiger partial charge is 0.381 e. The molecule has 1 saturated heterocycles. The lowest BCUT2D eigenvalue weighted by atomic mass is 9.83. The van der Waals surface area contributed by atoms with Crippen LogP contribution >= 0.6 is 0 Å². The first kappa shape index (κ1) is 37.6. The fraction of sp³-hybridized carbons (Fsp3) is 0.410. The average molecular weight is 684 g/mol. The number of amides is 3. The van der Waals surface area contributed by atoms with Gasteiger partial charge in [-0.2, -0.15) is 0 Å². The number of hydroxylamine groups is 1. The molecule has 0 aromatic heterocycles. The van der Waals surface area contributed by atoms with Crippen molar-refractivity contribution in [2.45, 2.75) is 63.5 Å². The number of carbonyl (C=O) groups excluding carboxylic acids is 3. The first-order valence-electron chi connectivity index (χ1n) is 16.4. The Morgan fingerprint density at radius 3 is 1.90 bits per heavy atom. The molecule has 2 atom stereocenters. The summed E-state index contributed by atoms with van der Waals surface area (Å²) in [4.78, 5) is 42.4. The van der Waals surface area contributed by atoms with Gasteiger partial charge in [0.25, 0.3) is 18.2 Å². The second-order valence-electron chi connectivity index (χ2n) is 12.4. The molecule has 0 spiro atoms. The highest BCUT2D eigenvalue weighted by atomic mass is 19.3. The van der Waals surface area contributed by atoms with Crippen LogP contribution in [0.2, 0.25) is 0 Å². The van der Waals surface area contributed by atoms with Gasteiger partial charge in [-0.1, -0.05) is 23.7 Å². The van der Waals surface area contributed by atoms with Crippen molar-refractivity contribution >= 4 is 17.7 Å². The van der Waals surface area contributed by atoms with Crippen molar-refractivity contribution in [3.8, 4) is 47.4 Å². The van der Waals surface area contributed by atoms with E-state index in [9.17, 15) is 28.3 Å². The molecule has 1 heterocycles. The van der Waals surface area contributed by atoms with E-state index in [4.69, 9.17) is 15.3 Å². The van der Waals surface area contributed by atoms with E-state index >= 15 is 0 Å². The van der Waals surface area contributed by atoms with Crippen LogP contribution in [0, 0.1) is 65.1 Å². The predicted octanol–water partition coefficient (Wildman–Crippen LogP) is 3.59. The van der Waals surface area contributed by atoms with Crippen molar-refractivity contribution < 1.29 is 37.8 Å². The Kier molecular flexibility index (Phi) is 14.0. The molecular weight excluding hydrogens is 644 g/mol. The molecule has 0 radical (unpaired) electrons. The smallest absolute Gasteiger partial charge is 0.269 e. The Morgan fingerprint density at radius 2 is 1.38 bits per heavy atom. The first-order chi connectivity index (χ1) is 24.0. The summed E-state index contributed by atoms with van der Waals surface area (Å²) in [5.74, 6) is 21.4. The molecule has 1 aliphatic carbocycles. The van der Waals surface area contributed by atoms with Crippen LogP contribution in [0.5, 0.6) is 0 Å². The van der Waals surface area contributed by atoms with Crippen molar-refractivity contribution in [2.75, 3.05) is 19.8 Å². The summed E-state index contributed by atoms with van der Waals surface area (Å²) >= 11 is 0. The third kappa shape index (κ3) is 11.5. The molecule has 3 amide bonds. The number of benzene rings is 2. The normalized spacial score (nSPS) is 18.9. The molecule has 5 N–H and O–H groups in total. The van der Waals surface area contributed by atoms with Crippen molar-refractivity contribution in [3.05, 3.63) is 70.8 Å². The lowest BCUT2D eigenvalue weighted by molar-refractivity contribution is -0.154. The summed E-state index contributed by atoms with van der Waals surface area (Å²) in [7, 11) is 0. The minimum atomic E-state index is -3.35. The van der Waals surface area contributed by atoms with E-state index in [-0.39, 0.29) is 29.9 Å². The van der Waals surface area contributed by atoms with Crippen molar-refractivity contribution in [3.63, 3.8) is 0 Å². The Balaban J connectivity index is 1.24. The zero-order valence-electron chi connectivity index (χ0n) is 27.7. The Labute approximate surface area is 291 Å². The molecule has 4 rings (SSSR count). The van der Waals surface area contributed by atoms with Gasteiger partial charge in [0.1, 0.15) is 6.04 Å². The molecule has 2 fully saturated rings. The molecule has 0 unspecified atom stereocenters. The number of rotatable bonds is 9. The predicted molar refractivity (Wildman–Crippen MR) is 182 cm³/mol. The third-order valence-electron chi connectivity index (χ3n) is 8.53. The van der Waals surface area contributed by atoms with Gasteiger partial charge in [0.15, 0.2) is 5.60 Å². The Hall–Kier alpha value is -5.17. The minimum Gasteiger partial charge on any atom is -0.381 e. The van der Waals surface area contributed by atoms with Gasteiger partial charge < -0.3 is 20.9 Å². The van der Waals surface area contributed by atoms with E-state index in [0.29, 0.717) is 29.9 Å². The van der Waals surface area contributed by atoms with Crippen molar-refractivity contribution in [1.82, 2.24) is 10.8 Å². The van der Waals surface area contributed by atoms with E-state index in [1.165, 1.54) is 12.1 Å². The fourth-order valence-electron chi connectivity index (χ4n) is 5.33. The number of aliphatic hydroxyl groups is 1. The third-order valence-corrected chi connectivity index (χ3v) is 8.53. The lowest BCUT2D eigenvalue weighted by Gasteiger charge is -2.32. The summed E-state index contributed by atoms with van der Waals surface area (Å²) in [6.07, 6.45) is 1.50. The van der Waals surface area contributed by atoms with E-state index in [1.807, 2.05) is 0 Å². The van der Waals surface area contributed by atoms with E-state index in [2.05, 4.69) is 58.2 Å². The lowest BCUT2D eigenvalue weighted by Crippen LogP contribution is -2.62. The monoisotopic (exact) mass is 683 g/mol. The molecule has 50 heavy (non-hydrogen) atoms. The fourth-order valence-corrected chi connectivity index (χ4v) is 5.33. The highest BCUT2D eigenvalue weighted by Crippen LogP contribution is 2.28. The number of nitrogens with one attached hydrogen (secondary N) is 2. The number of primary amides is 1. The number of nitrogens with two attached hydrogens (primary N) is 1. The van der Waals surface area contributed by atoms with Gasteiger partial charge >= 0.3 is 0 Å². The summed E-state index contributed by atoms with van der Waals surface area (Å²) in [5, 5.41) is 12.7. The second-order valence-corrected chi connectivity index (χ2v) is 12.4. The topological polar surface area (TPSA) is 140 Å². The number of ether oxygens (including phenoxy) is 1. The van der Waals surface area contributed by atoms with Gasteiger partial charge in [0.05, 0.1) is 6.61 Å². The molecule has 1 aliphatic heterocycles. The number of hydrogen-bond donors (Lipinski definition) is 4. The molecule has 2 aliphatic rings. The van der Waals surface area contributed by atoms with Crippen LogP contribution < -0.4 is 16.5 Å². The first-order valence-corrected chi connectivity index (χ1v) is 16.4. The van der Waals surface area contributed by atoms with Gasteiger partial charge in [-0.25, -0.2) is 14.3 Å². The van der Waals surface area contributed by atoms with Gasteiger partial charge in [-0.3, -0.25) is 19.2 Å². The maximum atomic E-state index is 13.8. The summed E-state index contributed by atoms with van der Waals surface area (Å²) < 4.78 is 32.9. The number of alkyl halides is 2. The Bertz CT molecular complexity index is 1750. The number of hydrogen-bond acceptors (Lipinski definition) is 6. The summed E-state index contributed by atoms with van der Waals surface area (Å²) in [6.45, 7) is 2.27. The standard InChI is InChI=1S/C39H39F2N3O6/c1-39(48,38(40)41)34(43-36(46)33-20-16-29(17-21-33)8-4-5-9-30-22-24-49-25-23-30)37(47)44-50-26-31-12-10-27(11-13-31)6-2-3-7-28-14-18-32(19-15-28)35(42)45/h14-21,27,30-31,34,38,48H,10-13,22-26H2,1H3,(H2,42,45)(H,43,46)(H,44,47)/t27?,31?,34-,39+/m1/s1. The maximum Gasteiger partial charge on any atom is 0.269 e. The summed E-state index contributed by atoms with van der Waals surface area (Å²) in [5.41, 5.74) is 6.27. The summed E-state index contributed by atoms with van der Waals surface area (Å²) in [6, 6.07) is 10.6. The van der Waals surface area contributed by atoms with E-state index in [0.717, 1.165) is 45.4 Å². The van der Waals surface area contributed by atoms with Crippen LogP contribution in [0.4, 0.5) is 8.78 Å². The highest BCUT2D eigenvalue weighted by Gasteiger charge is 2.46. The quantitative estimate of drug-likeness (QED) is 0.236. The maximum absolute atomic E-state index is 13.8. The molecule has 1 saturated carbocycles. The minimum absolute atomic E-state index is 0.0809. The molecule has 260 valence electrons. The molecule has 2 aromatic carbocycles. The number of carbonyl (C=O) groups is 3. The van der Waals surface area contributed by atoms with Crippen LogP contribution in [0.1, 0.15) is 77.3 Å². The average Bonchev–Trinajstić information content (AvgIpc) is 3.12. The molecule has 2 aromatic rings. The van der Waals surface area contributed by atoms with Gasteiger partial charge in [-0.15, -0.1) is 0 Å². The molecule has 9 nitrogen and oxygen atoms in total. The van der Waals surface area contributed by atoms with Crippen LogP contribution in [0.3, 0.4) is 0 Å². The molecule has 11 heteroatoms. The van der Waals surface area contributed by atoms with Crippen molar-refractivity contribution in [1.29, 1.82) is 0 Å². The van der Waals surface area contributed by atoms with Crippen LogP contribution in [0.15, 0.2) is 48.5 Å². The van der Waals surface area contributed by atoms with Gasteiger partial charge in [0, 0.05) is 47.3 Å².